The zero-order chi connectivity index (χ0) is 47.1. The Morgan fingerprint density at radius 3 is 1.38 bits per heavy atom. The van der Waals surface area contributed by atoms with E-state index in [-0.39, 0.29) is 0 Å². The minimum absolute atomic E-state index is 0.439. The molecule has 0 saturated carbocycles. The van der Waals surface area contributed by atoms with E-state index < -0.39 is 5.41 Å². The fraction of sp³-hybridized carbons (Fsp3) is 0.0145. The summed E-state index contributed by atoms with van der Waals surface area (Å²) in [5, 5.41) is 2.31. The Hall–Kier alpha value is -9.24. The van der Waals surface area contributed by atoms with Crippen molar-refractivity contribution >= 4 is 10.8 Å². The molecule has 0 N–H and O–H groups in total. The van der Waals surface area contributed by atoms with Gasteiger partial charge in [0.1, 0.15) is 0 Å². The van der Waals surface area contributed by atoms with Gasteiger partial charge in [0.15, 0.2) is 5.82 Å². The van der Waals surface area contributed by atoms with E-state index in [9.17, 15) is 0 Å². The quantitative estimate of drug-likeness (QED) is 0.144. The van der Waals surface area contributed by atoms with Gasteiger partial charge in [0.2, 0.25) is 0 Å². The van der Waals surface area contributed by atoms with Gasteiger partial charge in [-0.1, -0.05) is 267 Å². The lowest BCUT2D eigenvalue weighted by molar-refractivity contribution is 0.768. The lowest BCUT2D eigenvalue weighted by atomic mass is 9.67. The smallest absolute Gasteiger partial charge is 0.160 e. The summed E-state index contributed by atoms with van der Waals surface area (Å²) >= 11 is 0. The van der Waals surface area contributed by atoms with Gasteiger partial charge in [-0.25, -0.2) is 9.97 Å². The number of hydrogen-bond donors (Lipinski definition) is 0. The molecule has 0 bridgehead atoms. The first-order valence-corrected chi connectivity index (χ1v) is 24.4. The molecule has 1 aliphatic rings. The fourth-order valence-electron chi connectivity index (χ4n) is 11.1. The number of nitrogens with zero attached hydrogens (tertiary/aromatic N) is 2. The van der Waals surface area contributed by atoms with Gasteiger partial charge < -0.3 is 0 Å². The van der Waals surface area contributed by atoms with Crippen LogP contribution in [0.4, 0.5) is 0 Å². The van der Waals surface area contributed by atoms with E-state index in [4.69, 9.17) is 9.97 Å². The van der Waals surface area contributed by atoms with E-state index >= 15 is 0 Å². The van der Waals surface area contributed by atoms with Crippen LogP contribution in [-0.4, -0.2) is 9.97 Å². The second kappa shape index (κ2) is 17.7. The molecule has 11 aromatic carbocycles. The van der Waals surface area contributed by atoms with Crippen LogP contribution in [0.5, 0.6) is 0 Å². The molecule has 1 aromatic heterocycles. The molecule has 1 heterocycles. The molecule has 0 fully saturated rings. The molecule has 0 spiro atoms. The van der Waals surface area contributed by atoms with Gasteiger partial charge in [0.25, 0.3) is 0 Å². The van der Waals surface area contributed by atoms with Crippen LogP contribution in [0.2, 0.25) is 0 Å². The third-order valence-electron chi connectivity index (χ3n) is 14.4. The minimum atomic E-state index is -0.439. The predicted octanol–water partition coefficient (Wildman–Crippen LogP) is 17.7. The van der Waals surface area contributed by atoms with Gasteiger partial charge >= 0.3 is 0 Å². The number of rotatable bonds is 9. The van der Waals surface area contributed by atoms with Crippen molar-refractivity contribution in [2.24, 2.45) is 0 Å². The summed E-state index contributed by atoms with van der Waals surface area (Å²) in [5.74, 6) is 0.700. The van der Waals surface area contributed by atoms with Crippen LogP contribution >= 0.6 is 0 Å². The zero-order valence-corrected chi connectivity index (χ0v) is 39.0. The van der Waals surface area contributed by atoms with Crippen LogP contribution in [0.25, 0.3) is 100 Å². The van der Waals surface area contributed by atoms with Crippen LogP contribution in [0, 0.1) is 0 Å². The second-order valence-corrected chi connectivity index (χ2v) is 18.4. The highest BCUT2D eigenvalue weighted by molar-refractivity contribution is 6.05. The van der Waals surface area contributed by atoms with Crippen LogP contribution in [0.15, 0.2) is 279 Å². The molecule has 0 atom stereocenters. The van der Waals surface area contributed by atoms with E-state index in [2.05, 4.69) is 261 Å². The zero-order valence-electron chi connectivity index (χ0n) is 39.0. The Morgan fingerprint density at radius 1 is 0.239 bits per heavy atom. The molecular formula is C69H46N2. The lowest BCUT2D eigenvalue weighted by Crippen LogP contribution is -2.28. The molecular weight excluding hydrogens is 857 g/mol. The highest BCUT2D eigenvalue weighted by Crippen LogP contribution is 2.58. The molecule has 12 aromatic rings. The summed E-state index contributed by atoms with van der Waals surface area (Å²) in [5.41, 5.74) is 21.7. The molecule has 0 radical (unpaired) electrons. The highest BCUT2D eigenvalue weighted by atomic mass is 14.9. The third-order valence-corrected chi connectivity index (χ3v) is 14.4. The normalized spacial score (nSPS) is 12.3. The molecule has 1 aliphatic carbocycles. The largest absolute Gasteiger partial charge is 0.228 e. The van der Waals surface area contributed by atoms with Gasteiger partial charge in [-0.3, -0.25) is 0 Å². The summed E-state index contributed by atoms with van der Waals surface area (Å²) < 4.78 is 0. The first kappa shape index (κ1) is 41.9. The Labute approximate surface area is 414 Å². The number of hydrogen-bond acceptors (Lipinski definition) is 2. The van der Waals surface area contributed by atoms with Crippen LogP contribution in [-0.2, 0) is 5.41 Å². The van der Waals surface area contributed by atoms with E-state index in [0.717, 1.165) is 39.0 Å². The second-order valence-electron chi connectivity index (χ2n) is 18.4. The average molecular weight is 903 g/mol. The summed E-state index contributed by atoms with van der Waals surface area (Å²) in [6.07, 6.45) is 0. The first-order valence-electron chi connectivity index (χ1n) is 24.4. The van der Waals surface area contributed by atoms with Gasteiger partial charge in [-0.05, 0) is 101 Å². The first-order chi connectivity index (χ1) is 35.2. The van der Waals surface area contributed by atoms with Gasteiger partial charge in [-0.2, -0.15) is 0 Å². The molecule has 2 heteroatoms. The molecule has 2 nitrogen and oxygen atoms in total. The fourth-order valence-corrected chi connectivity index (χ4v) is 11.1. The Kier molecular flexibility index (Phi) is 10.4. The number of aromatic nitrogens is 2. The van der Waals surface area contributed by atoms with Crippen molar-refractivity contribution in [1.29, 1.82) is 0 Å². The summed E-state index contributed by atoms with van der Waals surface area (Å²) in [6, 6.07) is 101. The van der Waals surface area contributed by atoms with Crippen molar-refractivity contribution in [3.8, 4) is 89.5 Å². The average Bonchev–Trinajstić information content (AvgIpc) is 3.77. The Morgan fingerprint density at radius 2 is 0.690 bits per heavy atom. The number of benzene rings is 11. The van der Waals surface area contributed by atoms with Gasteiger partial charge in [0, 0.05) is 16.7 Å². The topological polar surface area (TPSA) is 25.8 Å². The SMILES string of the molecule is c1ccc(-c2ccc(-c3cc(-c4ccc(-c5cccc(-c6ccc(-c7cccc8c7-c7ccccc7C8(c7ccccc7)c7ccccc7)cc6)c5)c5ccccc45)nc(-c4ccccc4)n3)cc2)cc1. The monoisotopic (exact) mass is 902 g/mol. The van der Waals surface area contributed by atoms with Gasteiger partial charge in [-0.15, -0.1) is 0 Å². The van der Waals surface area contributed by atoms with Crippen molar-refractivity contribution < 1.29 is 0 Å². The summed E-state index contributed by atoms with van der Waals surface area (Å²) in [6.45, 7) is 0. The minimum Gasteiger partial charge on any atom is -0.228 e. The van der Waals surface area contributed by atoms with Crippen LogP contribution < -0.4 is 0 Å². The lowest BCUT2D eigenvalue weighted by Gasteiger charge is -2.34. The molecule has 13 rings (SSSR count). The Balaban J connectivity index is 0.864. The maximum absolute atomic E-state index is 5.25. The third kappa shape index (κ3) is 7.28. The standard InChI is InChI=1S/C69H46N2/c1-5-19-47(20-6-1)48-37-41-51(42-38-48)65-46-66(71-68(70-65)52-21-7-2-8-22-52)61-44-43-57(59-29-13-14-30-60(59)61)54-24-17-23-53(45-54)49-35-39-50(40-36-49)58-32-18-34-64-67(58)62-31-15-16-33-63(62)69(64,55-25-9-3-10-26-55)56-27-11-4-12-28-56/h1-46H. The Bertz CT molecular complexity index is 3840. The van der Waals surface area contributed by atoms with E-state index in [1.54, 1.807) is 0 Å². The van der Waals surface area contributed by atoms with Crippen molar-refractivity contribution in [1.82, 2.24) is 9.97 Å². The van der Waals surface area contributed by atoms with E-state index in [1.165, 1.54) is 77.7 Å². The van der Waals surface area contributed by atoms with Crippen molar-refractivity contribution in [2.45, 2.75) is 5.41 Å². The molecule has 332 valence electrons. The van der Waals surface area contributed by atoms with Gasteiger partial charge in [0.05, 0.1) is 16.8 Å². The van der Waals surface area contributed by atoms with E-state index in [1.807, 2.05) is 18.2 Å². The summed E-state index contributed by atoms with van der Waals surface area (Å²) in [4.78, 5) is 10.4. The van der Waals surface area contributed by atoms with Crippen molar-refractivity contribution in [3.63, 3.8) is 0 Å². The predicted molar refractivity (Wildman–Crippen MR) is 295 cm³/mol. The van der Waals surface area contributed by atoms with Crippen molar-refractivity contribution in [3.05, 3.63) is 301 Å². The maximum atomic E-state index is 5.25. The highest BCUT2D eigenvalue weighted by Gasteiger charge is 2.46. The summed E-state index contributed by atoms with van der Waals surface area (Å²) in [7, 11) is 0. The maximum Gasteiger partial charge on any atom is 0.160 e. The molecule has 0 amide bonds. The van der Waals surface area contributed by atoms with Crippen molar-refractivity contribution in [2.75, 3.05) is 0 Å². The van der Waals surface area contributed by atoms with E-state index in [0.29, 0.717) is 5.82 Å². The molecule has 0 saturated heterocycles. The van der Waals surface area contributed by atoms with Crippen LogP contribution in [0.3, 0.4) is 0 Å². The van der Waals surface area contributed by atoms with Crippen LogP contribution in [0.1, 0.15) is 22.3 Å². The number of fused-ring (bicyclic) bond motifs is 4. The molecule has 71 heavy (non-hydrogen) atoms. The molecule has 0 unspecified atom stereocenters. The molecule has 0 aliphatic heterocycles.